The summed E-state index contributed by atoms with van der Waals surface area (Å²) in [6, 6.07) is 7.70. The number of aliphatic hydroxyl groups is 1. The molecule has 0 bridgehead atoms. The van der Waals surface area contributed by atoms with Crippen LogP contribution in [0.15, 0.2) is 28.7 Å². The van der Waals surface area contributed by atoms with Gasteiger partial charge in [0.2, 0.25) is 5.91 Å². The molecule has 0 heterocycles. The molecule has 0 saturated heterocycles. The molecule has 1 rings (SSSR count). The number of rotatable bonds is 5. The number of halogens is 1. The zero-order valence-electron chi connectivity index (χ0n) is 9.24. The van der Waals surface area contributed by atoms with E-state index in [0.29, 0.717) is 12.8 Å². The van der Waals surface area contributed by atoms with Gasteiger partial charge in [-0.2, -0.15) is 0 Å². The lowest BCUT2D eigenvalue weighted by Gasteiger charge is -2.12. The lowest BCUT2D eigenvalue weighted by Crippen LogP contribution is -2.34. The predicted octanol–water partition coefficient (Wildman–Crippen LogP) is 1.88. The summed E-state index contributed by atoms with van der Waals surface area (Å²) in [5, 5.41) is 11.6. The van der Waals surface area contributed by atoms with E-state index in [2.05, 4.69) is 21.2 Å². The normalized spacial score (nSPS) is 12.2. The highest BCUT2D eigenvalue weighted by Gasteiger charge is 2.07. The zero-order chi connectivity index (χ0) is 12.0. The molecule has 3 nitrogen and oxygen atoms in total. The third-order valence-corrected chi connectivity index (χ3v) is 2.72. The van der Waals surface area contributed by atoms with Crippen molar-refractivity contribution in [3.63, 3.8) is 0 Å². The van der Waals surface area contributed by atoms with Crippen LogP contribution < -0.4 is 5.32 Å². The van der Waals surface area contributed by atoms with Crippen molar-refractivity contribution in [2.24, 2.45) is 0 Å². The first-order valence-corrected chi connectivity index (χ1v) is 6.06. The van der Waals surface area contributed by atoms with Crippen molar-refractivity contribution in [1.29, 1.82) is 0 Å². The summed E-state index contributed by atoms with van der Waals surface area (Å²) in [5.74, 6) is -0.0148. The predicted molar refractivity (Wildman–Crippen MR) is 67.2 cm³/mol. The maximum atomic E-state index is 11.6. The van der Waals surface area contributed by atoms with Crippen molar-refractivity contribution in [3.8, 4) is 0 Å². The molecular formula is C12H16BrNO2. The summed E-state index contributed by atoms with van der Waals surface area (Å²) in [6.45, 7) is 1.98. The highest BCUT2D eigenvalue weighted by molar-refractivity contribution is 9.10. The number of hydrogen-bond donors (Lipinski definition) is 2. The minimum atomic E-state index is -0.0148. The quantitative estimate of drug-likeness (QED) is 0.868. The molecule has 1 atom stereocenters. The van der Waals surface area contributed by atoms with Gasteiger partial charge in [0.15, 0.2) is 0 Å². The Morgan fingerprint density at radius 2 is 2.31 bits per heavy atom. The number of amides is 1. The molecule has 16 heavy (non-hydrogen) atoms. The second kappa shape index (κ2) is 6.66. The summed E-state index contributed by atoms with van der Waals surface area (Å²) in [4.78, 5) is 11.6. The second-order valence-corrected chi connectivity index (χ2v) is 4.70. The molecule has 0 fully saturated rings. The molecule has 2 N–H and O–H groups in total. The fraction of sp³-hybridized carbons (Fsp3) is 0.417. The molecule has 0 spiro atoms. The van der Waals surface area contributed by atoms with Gasteiger partial charge in [0.25, 0.3) is 0 Å². The lowest BCUT2D eigenvalue weighted by atomic mass is 10.1. The highest BCUT2D eigenvalue weighted by Crippen LogP contribution is 2.12. The van der Waals surface area contributed by atoms with Gasteiger partial charge in [-0.15, -0.1) is 0 Å². The van der Waals surface area contributed by atoms with E-state index in [1.807, 2.05) is 31.2 Å². The fourth-order valence-electron chi connectivity index (χ4n) is 1.42. The van der Waals surface area contributed by atoms with Crippen molar-refractivity contribution in [2.75, 3.05) is 6.61 Å². The molecule has 0 radical (unpaired) electrons. The second-order valence-electron chi connectivity index (χ2n) is 3.79. The standard InChI is InChI=1S/C12H16BrNO2/c1-9(5-6-15)14-12(16)8-10-3-2-4-11(13)7-10/h2-4,7,9,15H,5-6,8H2,1H3,(H,14,16). The van der Waals surface area contributed by atoms with E-state index in [0.717, 1.165) is 10.0 Å². The average molecular weight is 286 g/mol. The number of benzene rings is 1. The van der Waals surface area contributed by atoms with E-state index in [1.54, 1.807) is 0 Å². The van der Waals surface area contributed by atoms with Gasteiger partial charge in [-0.25, -0.2) is 0 Å². The van der Waals surface area contributed by atoms with Crippen LogP contribution in [0.1, 0.15) is 18.9 Å². The number of carbonyl (C=O) groups excluding carboxylic acids is 1. The molecule has 88 valence electrons. The van der Waals surface area contributed by atoms with Crippen LogP contribution in [0.2, 0.25) is 0 Å². The topological polar surface area (TPSA) is 49.3 Å². The number of hydrogen-bond acceptors (Lipinski definition) is 2. The largest absolute Gasteiger partial charge is 0.396 e. The Bertz CT molecular complexity index is 355. The van der Waals surface area contributed by atoms with Gasteiger partial charge >= 0.3 is 0 Å². The van der Waals surface area contributed by atoms with Crippen LogP contribution in [-0.4, -0.2) is 23.7 Å². The maximum Gasteiger partial charge on any atom is 0.224 e. The number of nitrogens with one attached hydrogen (secondary N) is 1. The molecule has 4 heteroatoms. The SMILES string of the molecule is CC(CCO)NC(=O)Cc1cccc(Br)c1. The number of aliphatic hydroxyl groups excluding tert-OH is 1. The van der Waals surface area contributed by atoms with E-state index in [-0.39, 0.29) is 18.6 Å². The van der Waals surface area contributed by atoms with Gasteiger partial charge < -0.3 is 10.4 Å². The smallest absolute Gasteiger partial charge is 0.224 e. The van der Waals surface area contributed by atoms with Crippen LogP contribution in [0.3, 0.4) is 0 Å². The Balaban J connectivity index is 2.45. The van der Waals surface area contributed by atoms with E-state index < -0.39 is 0 Å². The van der Waals surface area contributed by atoms with Crippen LogP contribution in [0.4, 0.5) is 0 Å². The summed E-state index contributed by atoms with van der Waals surface area (Å²) >= 11 is 3.36. The first kappa shape index (κ1) is 13.2. The summed E-state index contributed by atoms with van der Waals surface area (Å²) < 4.78 is 0.973. The maximum absolute atomic E-state index is 11.6. The Morgan fingerprint density at radius 3 is 2.94 bits per heavy atom. The van der Waals surface area contributed by atoms with Crippen molar-refractivity contribution in [2.45, 2.75) is 25.8 Å². The third-order valence-electron chi connectivity index (χ3n) is 2.22. The Hall–Kier alpha value is -0.870. The minimum Gasteiger partial charge on any atom is -0.396 e. The van der Waals surface area contributed by atoms with Crippen LogP contribution in [-0.2, 0) is 11.2 Å². The minimum absolute atomic E-state index is 0.0148. The molecule has 1 unspecified atom stereocenters. The Kier molecular flexibility index (Phi) is 5.49. The summed E-state index contributed by atoms with van der Waals surface area (Å²) in [7, 11) is 0. The number of carbonyl (C=O) groups is 1. The summed E-state index contributed by atoms with van der Waals surface area (Å²) in [5.41, 5.74) is 0.975. The van der Waals surface area contributed by atoms with Gasteiger partial charge in [-0.1, -0.05) is 28.1 Å². The van der Waals surface area contributed by atoms with Gasteiger partial charge in [0.1, 0.15) is 0 Å². The van der Waals surface area contributed by atoms with Crippen molar-refractivity contribution < 1.29 is 9.90 Å². The van der Waals surface area contributed by atoms with Crippen molar-refractivity contribution >= 4 is 21.8 Å². The Labute approximate surface area is 104 Å². The molecule has 1 aromatic carbocycles. The lowest BCUT2D eigenvalue weighted by molar-refractivity contribution is -0.121. The molecule has 1 amide bonds. The van der Waals surface area contributed by atoms with Gasteiger partial charge in [0, 0.05) is 17.1 Å². The fourth-order valence-corrected chi connectivity index (χ4v) is 1.87. The Morgan fingerprint density at radius 1 is 1.56 bits per heavy atom. The van der Waals surface area contributed by atoms with E-state index in [1.165, 1.54) is 0 Å². The van der Waals surface area contributed by atoms with E-state index >= 15 is 0 Å². The molecule has 0 aliphatic heterocycles. The average Bonchev–Trinajstić information content (AvgIpc) is 2.17. The molecule has 0 saturated carbocycles. The van der Waals surface area contributed by atoms with Crippen LogP contribution >= 0.6 is 15.9 Å². The van der Waals surface area contributed by atoms with E-state index in [9.17, 15) is 4.79 Å². The van der Waals surface area contributed by atoms with Crippen LogP contribution in [0.5, 0.6) is 0 Å². The van der Waals surface area contributed by atoms with Gasteiger partial charge in [-0.05, 0) is 31.0 Å². The molecule has 0 aliphatic carbocycles. The molecule has 0 aliphatic rings. The monoisotopic (exact) mass is 285 g/mol. The molecule has 0 aromatic heterocycles. The van der Waals surface area contributed by atoms with Crippen molar-refractivity contribution in [3.05, 3.63) is 34.3 Å². The van der Waals surface area contributed by atoms with Crippen LogP contribution in [0.25, 0.3) is 0 Å². The van der Waals surface area contributed by atoms with Crippen LogP contribution in [0, 0.1) is 0 Å². The first-order chi connectivity index (χ1) is 7.61. The first-order valence-electron chi connectivity index (χ1n) is 5.26. The van der Waals surface area contributed by atoms with Crippen molar-refractivity contribution in [1.82, 2.24) is 5.32 Å². The van der Waals surface area contributed by atoms with E-state index in [4.69, 9.17) is 5.11 Å². The summed E-state index contributed by atoms with van der Waals surface area (Å²) in [6.07, 6.45) is 0.958. The zero-order valence-corrected chi connectivity index (χ0v) is 10.8. The molecule has 1 aromatic rings. The highest BCUT2D eigenvalue weighted by atomic mass is 79.9. The molecular weight excluding hydrogens is 270 g/mol. The third kappa shape index (κ3) is 4.77. The van der Waals surface area contributed by atoms with Gasteiger partial charge in [-0.3, -0.25) is 4.79 Å². The van der Waals surface area contributed by atoms with Gasteiger partial charge in [0.05, 0.1) is 6.42 Å².